The first-order chi connectivity index (χ1) is 12.1. The molecule has 1 aromatic carbocycles. The molecular weight excluding hydrogens is 312 g/mol. The van der Waals surface area contributed by atoms with Crippen molar-refractivity contribution in [1.29, 1.82) is 0 Å². The minimum absolute atomic E-state index is 0.188. The van der Waals surface area contributed by atoms with Gasteiger partial charge in [0.1, 0.15) is 5.75 Å². The quantitative estimate of drug-likeness (QED) is 0.635. The van der Waals surface area contributed by atoms with Crippen LogP contribution < -0.4 is 10.1 Å². The van der Waals surface area contributed by atoms with Gasteiger partial charge in [-0.15, -0.1) is 0 Å². The Balaban J connectivity index is 2.17. The molecule has 140 valence electrons. The van der Waals surface area contributed by atoms with Gasteiger partial charge in [0.25, 0.3) is 0 Å². The molecule has 5 heteroatoms. The maximum Gasteiger partial charge on any atom is 0.193 e. The monoisotopic (exact) mass is 346 g/mol. The van der Waals surface area contributed by atoms with Crippen molar-refractivity contribution in [2.45, 2.75) is 32.7 Å². The van der Waals surface area contributed by atoms with Crippen molar-refractivity contribution in [3.05, 3.63) is 29.8 Å². The fourth-order valence-corrected chi connectivity index (χ4v) is 3.30. The summed E-state index contributed by atoms with van der Waals surface area (Å²) in [5.41, 5.74) is 1.18. The fourth-order valence-electron chi connectivity index (χ4n) is 3.30. The third kappa shape index (κ3) is 5.36. The number of nitrogens with one attached hydrogen (secondary N) is 1. The van der Waals surface area contributed by atoms with Gasteiger partial charge in [-0.2, -0.15) is 0 Å². The molecule has 0 spiro atoms. The van der Waals surface area contributed by atoms with Crippen LogP contribution in [-0.4, -0.2) is 63.1 Å². The molecule has 0 bridgehead atoms. The second-order valence-corrected chi connectivity index (χ2v) is 7.09. The largest absolute Gasteiger partial charge is 0.496 e. The second kappa shape index (κ2) is 9.66. The summed E-state index contributed by atoms with van der Waals surface area (Å²) >= 11 is 0. The lowest BCUT2D eigenvalue weighted by Crippen LogP contribution is -2.45. The number of likely N-dealkylation sites (tertiary alicyclic amines) is 1. The number of hydrogen-bond donors (Lipinski definition) is 1. The minimum Gasteiger partial charge on any atom is -0.496 e. The number of aliphatic imine (C=N–C) groups is 1. The molecular formula is C20H34N4O. The Morgan fingerprint density at radius 3 is 2.60 bits per heavy atom. The van der Waals surface area contributed by atoms with Gasteiger partial charge < -0.3 is 19.9 Å². The van der Waals surface area contributed by atoms with E-state index in [2.05, 4.69) is 55.2 Å². The molecule has 2 rings (SSSR count). The Hall–Kier alpha value is -1.75. The zero-order valence-corrected chi connectivity index (χ0v) is 16.5. The van der Waals surface area contributed by atoms with E-state index in [9.17, 15) is 0 Å². The highest BCUT2D eigenvalue weighted by Crippen LogP contribution is 2.28. The average Bonchev–Trinajstić information content (AvgIpc) is 2.62. The van der Waals surface area contributed by atoms with Crippen molar-refractivity contribution in [3.63, 3.8) is 0 Å². The summed E-state index contributed by atoms with van der Waals surface area (Å²) in [4.78, 5) is 9.58. The topological polar surface area (TPSA) is 40.1 Å². The Labute approximate surface area is 153 Å². The average molecular weight is 347 g/mol. The molecule has 1 N–H and O–H groups in total. The van der Waals surface area contributed by atoms with Crippen LogP contribution >= 0.6 is 0 Å². The number of para-hydroxylation sites is 1. The van der Waals surface area contributed by atoms with E-state index in [1.54, 1.807) is 7.11 Å². The highest BCUT2D eigenvalue weighted by atomic mass is 16.5. The molecule has 1 atom stereocenters. The van der Waals surface area contributed by atoms with Crippen molar-refractivity contribution < 1.29 is 4.74 Å². The van der Waals surface area contributed by atoms with Crippen molar-refractivity contribution >= 4 is 5.96 Å². The highest BCUT2D eigenvalue weighted by molar-refractivity contribution is 5.80. The van der Waals surface area contributed by atoms with E-state index in [0.717, 1.165) is 37.3 Å². The summed E-state index contributed by atoms with van der Waals surface area (Å²) in [7, 11) is 5.93. The van der Waals surface area contributed by atoms with Gasteiger partial charge in [-0.3, -0.25) is 4.99 Å². The number of likely N-dealkylation sites (N-methyl/N-ethyl adjacent to an activating group) is 1. The molecule has 0 saturated carbocycles. The number of piperidine rings is 1. The lowest BCUT2D eigenvalue weighted by molar-refractivity contribution is 0.269. The van der Waals surface area contributed by atoms with Crippen LogP contribution in [0, 0.1) is 5.92 Å². The Morgan fingerprint density at radius 1 is 1.32 bits per heavy atom. The van der Waals surface area contributed by atoms with E-state index in [1.807, 2.05) is 12.1 Å². The minimum atomic E-state index is 0.188. The zero-order chi connectivity index (χ0) is 18.2. The predicted octanol–water partition coefficient (Wildman–Crippen LogP) is 3.00. The van der Waals surface area contributed by atoms with E-state index in [1.165, 1.54) is 18.4 Å². The van der Waals surface area contributed by atoms with Gasteiger partial charge in [-0.25, -0.2) is 0 Å². The summed E-state index contributed by atoms with van der Waals surface area (Å²) in [6, 6.07) is 8.42. The molecule has 0 aromatic heterocycles. The Kier molecular flexibility index (Phi) is 7.56. The molecule has 1 unspecified atom stereocenters. The van der Waals surface area contributed by atoms with Gasteiger partial charge in [0, 0.05) is 25.2 Å². The molecule has 25 heavy (non-hydrogen) atoms. The number of nitrogens with zero attached hydrogens (tertiary/aromatic N) is 3. The number of benzene rings is 1. The molecule has 1 aromatic rings. The number of guanidine groups is 1. The number of hydrogen-bond acceptors (Lipinski definition) is 3. The number of methoxy groups -OCH3 is 1. The zero-order valence-electron chi connectivity index (χ0n) is 16.5. The maximum atomic E-state index is 5.56. The normalized spacial score (nSPS) is 17.7. The van der Waals surface area contributed by atoms with Crippen LogP contribution in [0.3, 0.4) is 0 Å². The number of rotatable bonds is 6. The SMILES string of the molecule is CCNC(=NCC(c1ccccc1OC)N(C)C)N1CCC(C)CC1. The highest BCUT2D eigenvalue weighted by Gasteiger charge is 2.21. The Bertz CT molecular complexity index is 550. The van der Waals surface area contributed by atoms with E-state index in [-0.39, 0.29) is 6.04 Å². The van der Waals surface area contributed by atoms with Crippen molar-refractivity contribution in [2.75, 3.05) is 47.4 Å². The van der Waals surface area contributed by atoms with E-state index >= 15 is 0 Å². The maximum absolute atomic E-state index is 5.56. The van der Waals surface area contributed by atoms with Crippen molar-refractivity contribution in [2.24, 2.45) is 10.9 Å². The van der Waals surface area contributed by atoms with Crippen molar-refractivity contribution in [1.82, 2.24) is 15.1 Å². The van der Waals surface area contributed by atoms with E-state index < -0.39 is 0 Å². The molecule has 0 aliphatic carbocycles. The van der Waals surface area contributed by atoms with Gasteiger partial charge in [0.05, 0.1) is 19.7 Å². The fraction of sp³-hybridized carbons (Fsp3) is 0.650. The van der Waals surface area contributed by atoms with E-state index in [0.29, 0.717) is 6.54 Å². The smallest absolute Gasteiger partial charge is 0.193 e. The second-order valence-electron chi connectivity index (χ2n) is 7.09. The van der Waals surface area contributed by atoms with Crippen molar-refractivity contribution in [3.8, 4) is 5.75 Å². The Morgan fingerprint density at radius 2 is 2.00 bits per heavy atom. The molecule has 1 fully saturated rings. The van der Waals surface area contributed by atoms with Crippen LogP contribution in [0.2, 0.25) is 0 Å². The van der Waals surface area contributed by atoms with E-state index in [4.69, 9.17) is 9.73 Å². The molecule has 0 radical (unpaired) electrons. The third-order valence-electron chi connectivity index (χ3n) is 4.95. The first kappa shape index (κ1) is 19.6. The summed E-state index contributed by atoms with van der Waals surface area (Å²) in [6.07, 6.45) is 2.49. The summed E-state index contributed by atoms with van der Waals surface area (Å²) in [5, 5.41) is 3.47. The molecule has 0 amide bonds. The predicted molar refractivity (Wildman–Crippen MR) is 105 cm³/mol. The van der Waals surface area contributed by atoms with Crippen LogP contribution in [0.15, 0.2) is 29.3 Å². The third-order valence-corrected chi connectivity index (χ3v) is 4.95. The van der Waals surface area contributed by atoms with Gasteiger partial charge in [-0.1, -0.05) is 25.1 Å². The van der Waals surface area contributed by atoms with Crippen LogP contribution in [0.5, 0.6) is 5.75 Å². The lowest BCUT2D eigenvalue weighted by atomic mass is 9.99. The molecule has 1 aliphatic heterocycles. The van der Waals surface area contributed by atoms with Crippen LogP contribution in [0.25, 0.3) is 0 Å². The van der Waals surface area contributed by atoms with Crippen LogP contribution in [0.4, 0.5) is 0 Å². The molecule has 1 aliphatic rings. The van der Waals surface area contributed by atoms with Crippen LogP contribution in [0.1, 0.15) is 38.3 Å². The summed E-state index contributed by atoms with van der Waals surface area (Å²) in [6.45, 7) is 8.26. The van der Waals surface area contributed by atoms with Crippen LogP contribution in [-0.2, 0) is 0 Å². The lowest BCUT2D eigenvalue weighted by Gasteiger charge is -2.33. The van der Waals surface area contributed by atoms with Gasteiger partial charge in [-0.05, 0) is 45.8 Å². The number of ether oxygens (including phenoxy) is 1. The summed E-state index contributed by atoms with van der Waals surface area (Å²) < 4.78 is 5.56. The molecule has 5 nitrogen and oxygen atoms in total. The molecule has 1 saturated heterocycles. The first-order valence-corrected chi connectivity index (χ1v) is 9.39. The van der Waals surface area contributed by atoms with Gasteiger partial charge in [0.15, 0.2) is 5.96 Å². The summed E-state index contributed by atoms with van der Waals surface area (Å²) in [5.74, 6) is 2.78. The molecule has 1 heterocycles. The van der Waals surface area contributed by atoms with Gasteiger partial charge in [0.2, 0.25) is 0 Å². The standard InChI is InChI=1S/C20H34N4O/c1-6-21-20(24-13-11-16(2)12-14-24)22-15-18(23(3)4)17-9-7-8-10-19(17)25-5/h7-10,16,18H,6,11-15H2,1-5H3,(H,21,22). The van der Waals surface area contributed by atoms with Gasteiger partial charge >= 0.3 is 0 Å². The first-order valence-electron chi connectivity index (χ1n) is 9.39.